The zero-order valence-corrected chi connectivity index (χ0v) is 11.5. The average Bonchev–Trinajstić information content (AvgIpc) is 3.01. The van der Waals surface area contributed by atoms with Gasteiger partial charge in [0.05, 0.1) is 12.2 Å². The molecule has 0 spiro atoms. The Morgan fingerprint density at radius 2 is 2.37 bits per heavy atom. The molecule has 0 amide bonds. The molecule has 1 aliphatic heterocycles. The molecular weight excluding hydrogens is 240 g/mol. The number of hydrogen-bond donors (Lipinski definition) is 1. The lowest BCUT2D eigenvalue weighted by atomic mass is 9.95. The Hall–Kier alpha value is -1.62. The summed E-state index contributed by atoms with van der Waals surface area (Å²) in [5, 5.41) is 7.14. The van der Waals surface area contributed by atoms with Crippen LogP contribution < -0.4 is 0 Å². The summed E-state index contributed by atoms with van der Waals surface area (Å²) in [4.78, 5) is 6.88. The van der Waals surface area contributed by atoms with Crippen LogP contribution in [0.2, 0.25) is 0 Å². The van der Waals surface area contributed by atoms with Crippen molar-refractivity contribution in [1.82, 2.24) is 20.1 Å². The van der Waals surface area contributed by atoms with Gasteiger partial charge in [0.2, 0.25) is 5.89 Å². The van der Waals surface area contributed by atoms with Gasteiger partial charge in [0.15, 0.2) is 0 Å². The molecule has 1 aliphatic rings. The molecule has 5 heteroatoms. The summed E-state index contributed by atoms with van der Waals surface area (Å²) in [6.07, 6.45) is 4.26. The second kappa shape index (κ2) is 5.17. The van der Waals surface area contributed by atoms with E-state index in [2.05, 4.69) is 26.1 Å². The summed E-state index contributed by atoms with van der Waals surface area (Å²) in [6, 6.07) is 2.08. The zero-order chi connectivity index (χ0) is 13.2. The van der Waals surface area contributed by atoms with E-state index in [0.29, 0.717) is 5.92 Å². The van der Waals surface area contributed by atoms with E-state index >= 15 is 0 Å². The van der Waals surface area contributed by atoms with Crippen LogP contribution in [0.3, 0.4) is 0 Å². The minimum absolute atomic E-state index is 0.549. The largest absolute Gasteiger partial charge is 0.444 e. The Labute approximate surface area is 113 Å². The number of H-pyrrole nitrogens is 1. The van der Waals surface area contributed by atoms with E-state index in [1.165, 1.54) is 18.5 Å². The van der Waals surface area contributed by atoms with Crippen molar-refractivity contribution in [3.63, 3.8) is 0 Å². The maximum atomic E-state index is 5.67. The van der Waals surface area contributed by atoms with E-state index in [4.69, 9.17) is 4.42 Å². The number of aromatic nitrogens is 3. The van der Waals surface area contributed by atoms with Crippen LogP contribution in [-0.2, 0) is 6.54 Å². The van der Waals surface area contributed by atoms with Crippen molar-refractivity contribution in [2.45, 2.75) is 39.2 Å². The van der Waals surface area contributed by atoms with Crippen molar-refractivity contribution in [3.05, 3.63) is 35.3 Å². The second-order valence-electron chi connectivity index (χ2n) is 5.34. The van der Waals surface area contributed by atoms with Crippen molar-refractivity contribution < 1.29 is 4.42 Å². The van der Waals surface area contributed by atoms with Crippen molar-refractivity contribution in [2.24, 2.45) is 0 Å². The Bertz CT molecular complexity index is 512. The fraction of sp³-hybridized carbons (Fsp3) is 0.571. The van der Waals surface area contributed by atoms with E-state index < -0.39 is 0 Å². The molecule has 3 heterocycles. The standard InChI is InChI=1S/C14H20N4O/c1-10-11(2)19-14(16-10)9-18-7-3-4-12(8-18)13-5-6-15-17-13/h5-6,12H,3-4,7-9H2,1-2H3,(H,15,17). The molecule has 0 aromatic carbocycles. The third-order valence-electron chi connectivity index (χ3n) is 3.90. The van der Waals surface area contributed by atoms with E-state index in [-0.39, 0.29) is 0 Å². The quantitative estimate of drug-likeness (QED) is 0.920. The fourth-order valence-corrected chi connectivity index (χ4v) is 2.75. The minimum atomic E-state index is 0.549. The van der Waals surface area contributed by atoms with Crippen molar-refractivity contribution in [2.75, 3.05) is 13.1 Å². The molecule has 0 bridgehead atoms. The lowest BCUT2D eigenvalue weighted by Crippen LogP contribution is -2.34. The first-order chi connectivity index (χ1) is 9.22. The molecule has 0 aliphatic carbocycles. The number of nitrogens with one attached hydrogen (secondary N) is 1. The maximum absolute atomic E-state index is 5.67. The number of aryl methyl sites for hydroxylation is 2. The van der Waals surface area contributed by atoms with Gasteiger partial charge >= 0.3 is 0 Å². The molecule has 1 fully saturated rings. The molecule has 1 atom stereocenters. The van der Waals surface area contributed by atoms with Crippen LogP contribution in [0.4, 0.5) is 0 Å². The van der Waals surface area contributed by atoms with Crippen LogP contribution in [0.25, 0.3) is 0 Å². The first-order valence-corrected chi connectivity index (χ1v) is 6.87. The number of nitrogens with zero attached hydrogens (tertiary/aromatic N) is 3. The highest BCUT2D eigenvalue weighted by molar-refractivity contribution is 5.08. The van der Waals surface area contributed by atoms with Crippen LogP contribution in [0.1, 0.15) is 41.8 Å². The Kier molecular flexibility index (Phi) is 3.38. The summed E-state index contributed by atoms with van der Waals surface area (Å²) in [5.41, 5.74) is 2.24. The van der Waals surface area contributed by atoms with Gasteiger partial charge in [-0.1, -0.05) is 0 Å². The van der Waals surface area contributed by atoms with Crippen molar-refractivity contribution >= 4 is 0 Å². The van der Waals surface area contributed by atoms with Gasteiger partial charge in [-0.25, -0.2) is 4.98 Å². The molecule has 1 N–H and O–H groups in total. The second-order valence-corrected chi connectivity index (χ2v) is 5.34. The van der Waals surface area contributed by atoms with Gasteiger partial charge in [-0.15, -0.1) is 0 Å². The Balaban J connectivity index is 1.65. The molecule has 2 aromatic heterocycles. The molecule has 0 saturated carbocycles. The van der Waals surface area contributed by atoms with E-state index in [1.807, 2.05) is 20.0 Å². The maximum Gasteiger partial charge on any atom is 0.208 e. The topological polar surface area (TPSA) is 58.0 Å². The zero-order valence-electron chi connectivity index (χ0n) is 11.5. The SMILES string of the molecule is Cc1nc(CN2CCCC(c3ccn[nH]3)C2)oc1C. The predicted octanol–water partition coefficient (Wildman–Crippen LogP) is 2.39. The van der Waals surface area contributed by atoms with Crippen molar-refractivity contribution in [3.8, 4) is 0 Å². The van der Waals surface area contributed by atoms with Crippen molar-refractivity contribution in [1.29, 1.82) is 0 Å². The predicted molar refractivity (Wildman–Crippen MR) is 71.8 cm³/mol. The van der Waals surface area contributed by atoms with Crippen LogP contribution in [0, 0.1) is 13.8 Å². The highest BCUT2D eigenvalue weighted by Crippen LogP contribution is 2.26. The summed E-state index contributed by atoms with van der Waals surface area (Å²) in [6.45, 7) is 6.93. The highest BCUT2D eigenvalue weighted by Gasteiger charge is 2.23. The van der Waals surface area contributed by atoms with Gasteiger partial charge in [-0.05, 0) is 39.3 Å². The number of piperidine rings is 1. The molecule has 5 nitrogen and oxygen atoms in total. The minimum Gasteiger partial charge on any atom is -0.444 e. The van der Waals surface area contributed by atoms with Gasteiger partial charge in [-0.3, -0.25) is 10.00 Å². The molecule has 1 saturated heterocycles. The smallest absolute Gasteiger partial charge is 0.208 e. The summed E-state index contributed by atoms with van der Waals surface area (Å²) >= 11 is 0. The molecule has 19 heavy (non-hydrogen) atoms. The van der Waals surface area contributed by atoms with Crippen LogP contribution in [0.5, 0.6) is 0 Å². The molecule has 102 valence electrons. The first-order valence-electron chi connectivity index (χ1n) is 6.87. The monoisotopic (exact) mass is 260 g/mol. The number of hydrogen-bond acceptors (Lipinski definition) is 4. The molecule has 3 rings (SSSR count). The lowest BCUT2D eigenvalue weighted by Gasteiger charge is -2.31. The molecule has 1 unspecified atom stereocenters. The van der Waals surface area contributed by atoms with Gasteiger partial charge in [-0.2, -0.15) is 5.10 Å². The summed E-state index contributed by atoms with van der Waals surface area (Å²) < 4.78 is 5.67. The lowest BCUT2D eigenvalue weighted by molar-refractivity contribution is 0.181. The number of aromatic amines is 1. The first kappa shape index (κ1) is 12.4. The third kappa shape index (κ3) is 2.71. The van der Waals surface area contributed by atoms with Gasteiger partial charge < -0.3 is 4.42 Å². The Morgan fingerprint density at radius 1 is 1.47 bits per heavy atom. The van der Waals surface area contributed by atoms with E-state index in [9.17, 15) is 0 Å². The molecular formula is C14H20N4O. The van der Waals surface area contributed by atoms with Crippen LogP contribution in [0.15, 0.2) is 16.7 Å². The Morgan fingerprint density at radius 3 is 3.05 bits per heavy atom. The molecule has 0 radical (unpaired) electrons. The number of oxazole rings is 1. The van der Waals surface area contributed by atoms with Gasteiger partial charge in [0.1, 0.15) is 5.76 Å². The summed E-state index contributed by atoms with van der Waals surface area (Å²) in [7, 11) is 0. The number of rotatable bonds is 3. The fourth-order valence-electron chi connectivity index (χ4n) is 2.75. The molecule has 2 aromatic rings. The van der Waals surface area contributed by atoms with Gasteiger partial charge in [0.25, 0.3) is 0 Å². The average molecular weight is 260 g/mol. The van der Waals surface area contributed by atoms with E-state index in [0.717, 1.165) is 37.0 Å². The third-order valence-corrected chi connectivity index (χ3v) is 3.90. The normalized spacial score (nSPS) is 20.8. The number of likely N-dealkylation sites (tertiary alicyclic amines) is 1. The van der Waals surface area contributed by atoms with Gasteiger partial charge in [0, 0.05) is 24.4 Å². The van der Waals surface area contributed by atoms with Crippen LogP contribution >= 0.6 is 0 Å². The van der Waals surface area contributed by atoms with Crippen LogP contribution in [-0.4, -0.2) is 33.2 Å². The summed E-state index contributed by atoms with van der Waals surface area (Å²) in [5.74, 6) is 2.31. The van der Waals surface area contributed by atoms with E-state index in [1.54, 1.807) is 0 Å². The highest BCUT2D eigenvalue weighted by atomic mass is 16.4.